The van der Waals surface area contributed by atoms with E-state index in [1.807, 2.05) is 13.2 Å². The van der Waals surface area contributed by atoms with Crippen molar-refractivity contribution in [3.8, 4) is 0 Å². The lowest BCUT2D eigenvalue weighted by Crippen LogP contribution is -1.87. The van der Waals surface area contributed by atoms with Crippen LogP contribution in [0.2, 0.25) is 0 Å². The largest absolute Gasteiger partial charge is 0.353 e. The van der Waals surface area contributed by atoms with Crippen LogP contribution in [-0.2, 0) is 7.05 Å². The van der Waals surface area contributed by atoms with Gasteiger partial charge in [0, 0.05) is 23.8 Å². The minimum absolute atomic E-state index is 1.08. The average Bonchev–Trinajstić information content (AvgIpc) is 1.98. The highest BCUT2D eigenvalue weighted by Gasteiger charge is 2.00. The fraction of sp³-hybridized carbons (Fsp3) is 0.429. The molecule has 0 unspecified atom stereocenters. The molecule has 0 saturated carbocycles. The van der Waals surface area contributed by atoms with Crippen LogP contribution >= 0.6 is 12.6 Å². The summed E-state index contributed by atoms with van der Waals surface area (Å²) in [5, 5.41) is 0. The molecule has 50 valence electrons. The van der Waals surface area contributed by atoms with E-state index in [9.17, 15) is 0 Å². The van der Waals surface area contributed by atoms with Crippen LogP contribution in [0.4, 0.5) is 0 Å². The molecule has 1 aromatic rings. The van der Waals surface area contributed by atoms with Gasteiger partial charge in [-0.2, -0.15) is 0 Å². The van der Waals surface area contributed by atoms with Gasteiger partial charge in [-0.05, 0) is 19.4 Å². The Morgan fingerprint density at radius 2 is 2.00 bits per heavy atom. The van der Waals surface area contributed by atoms with Crippen molar-refractivity contribution in [3.63, 3.8) is 0 Å². The first kappa shape index (κ1) is 6.75. The number of aromatic nitrogens is 1. The zero-order chi connectivity index (χ0) is 7.02. The van der Waals surface area contributed by atoms with Gasteiger partial charge in [0.2, 0.25) is 0 Å². The molecule has 0 radical (unpaired) electrons. The minimum atomic E-state index is 1.08. The molecule has 0 aliphatic heterocycles. The predicted molar refractivity (Wildman–Crippen MR) is 42.1 cm³/mol. The summed E-state index contributed by atoms with van der Waals surface area (Å²) in [7, 11) is 2.03. The summed E-state index contributed by atoms with van der Waals surface area (Å²) in [6.07, 6.45) is 2.02. The third-order valence-electron chi connectivity index (χ3n) is 1.77. The smallest absolute Gasteiger partial charge is 0.0249 e. The maximum absolute atomic E-state index is 4.27. The molecule has 0 aliphatic carbocycles. The van der Waals surface area contributed by atoms with E-state index in [0.717, 1.165) is 4.90 Å². The predicted octanol–water partition coefficient (Wildman–Crippen LogP) is 1.93. The molecular weight excluding hydrogens is 130 g/mol. The fourth-order valence-corrected chi connectivity index (χ4v) is 1.16. The SMILES string of the molecule is Cc1c(S)cn(C)c1C. The van der Waals surface area contributed by atoms with Crippen molar-refractivity contribution < 1.29 is 0 Å². The van der Waals surface area contributed by atoms with E-state index in [4.69, 9.17) is 0 Å². The van der Waals surface area contributed by atoms with Gasteiger partial charge in [0.25, 0.3) is 0 Å². The van der Waals surface area contributed by atoms with Crippen LogP contribution < -0.4 is 0 Å². The van der Waals surface area contributed by atoms with Gasteiger partial charge in [-0.25, -0.2) is 0 Å². The van der Waals surface area contributed by atoms with Crippen molar-refractivity contribution in [2.75, 3.05) is 0 Å². The summed E-state index contributed by atoms with van der Waals surface area (Å²) in [5.41, 5.74) is 2.57. The van der Waals surface area contributed by atoms with Crippen molar-refractivity contribution in [2.24, 2.45) is 7.05 Å². The number of hydrogen-bond acceptors (Lipinski definition) is 1. The number of hydrogen-bond donors (Lipinski definition) is 1. The van der Waals surface area contributed by atoms with E-state index >= 15 is 0 Å². The van der Waals surface area contributed by atoms with Crippen LogP contribution in [0.15, 0.2) is 11.1 Å². The Labute approximate surface area is 61.1 Å². The molecule has 1 aromatic heterocycles. The number of aryl methyl sites for hydroxylation is 1. The second-order valence-corrected chi connectivity index (χ2v) is 2.82. The van der Waals surface area contributed by atoms with Gasteiger partial charge in [0.1, 0.15) is 0 Å². The third-order valence-corrected chi connectivity index (χ3v) is 2.22. The van der Waals surface area contributed by atoms with E-state index in [0.29, 0.717) is 0 Å². The molecule has 0 bridgehead atoms. The molecule has 1 rings (SSSR count). The summed E-state index contributed by atoms with van der Waals surface area (Å²) >= 11 is 4.27. The third kappa shape index (κ3) is 0.990. The van der Waals surface area contributed by atoms with Gasteiger partial charge >= 0.3 is 0 Å². The molecule has 0 aromatic carbocycles. The van der Waals surface area contributed by atoms with Crippen molar-refractivity contribution >= 4 is 12.6 Å². The van der Waals surface area contributed by atoms with Gasteiger partial charge in [0.05, 0.1) is 0 Å². The number of thiol groups is 1. The summed E-state index contributed by atoms with van der Waals surface area (Å²) in [6.45, 7) is 4.17. The molecule has 1 nitrogen and oxygen atoms in total. The Morgan fingerprint density at radius 3 is 2.11 bits per heavy atom. The van der Waals surface area contributed by atoms with Gasteiger partial charge in [-0.15, -0.1) is 12.6 Å². The lowest BCUT2D eigenvalue weighted by atomic mass is 10.3. The van der Waals surface area contributed by atoms with Crippen molar-refractivity contribution in [1.82, 2.24) is 4.57 Å². The molecule has 0 aliphatic rings. The maximum atomic E-state index is 4.27. The normalized spacial score (nSPS) is 10.2. The lowest BCUT2D eigenvalue weighted by Gasteiger charge is -1.93. The summed E-state index contributed by atoms with van der Waals surface area (Å²) in [4.78, 5) is 1.08. The van der Waals surface area contributed by atoms with Crippen molar-refractivity contribution in [2.45, 2.75) is 18.7 Å². The Bertz CT molecular complexity index is 203. The van der Waals surface area contributed by atoms with Gasteiger partial charge in [0.15, 0.2) is 0 Å². The molecule has 1 heterocycles. The first-order chi connectivity index (χ1) is 4.13. The summed E-state index contributed by atoms with van der Waals surface area (Å²) < 4.78 is 2.08. The highest BCUT2D eigenvalue weighted by Crippen LogP contribution is 2.17. The second-order valence-electron chi connectivity index (χ2n) is 2.34. The molecule has 0 spiro atoms. The molecular formula is C7H11NS. The van der Waals surface area contributed by atoms with Gasteiger partial charge in [-0.1, -0.05) is 0 Å². The fourth-order valence-electron chi connectivity index (χ4n) is 0.827. The zero-order valence-electron chi connectivity index (χ0n) is 5.97. The van der Waals surface area contributed by atoms with Gasteiger partial charge < -0.3 is 4.57 Å². The zero-order valence-corrected chi connectivity index (χ0v) is 6.87. The molecule has 0 amide bonds. The molecule has 0 atom stereocenters. The quantitative estimate of drug-likeness (QED) is 0.527. The van der Waals surface area contributed by atoms with Crippen LogP contribution in [0.5, 0.6) is 0 Å². The molecule has 0 saturated heterocycles. The van der Waals surface area contributed by atoms with Crippen LogP contribution in [0, 0.1) is 13.8 Å². The Kier molecular flexibility index (Phi) is 1.58. The maximum Gasteiger partial charge on any atom is 0.0249 e. The van der Waals surface area contributed by atoms with Crippen LogP contribution in [0.25, 0.3) is 0 Å². The first-order valence-electron chi connectivity index (χ1n) is 2.94. The molecule has 2 heteroatoms. The Balaban J connectivity index is 3.29. The monoisotopic (exact) mass is 141 g/mol. The average molecular weight is 141 g/mol. The van der Waals surface area contributed by atoms with E-state index in [-0.39, 0.29) is 0 Å². The van der Waals surface area contributed by atoms with Crippen molar-refractivity contribution in [1.29, 1.82) is 0 Å². The first-order valence-corrected chi connectivity index (χ1v) is 3.39. The number of nitrogens with zero attached hydrogens (tertiary/aromatic N) is 1. The molecule has 0 fully saturated rings. The van der Waals surface area contributed by atoms with Gasteiger partial charge in [-0.3, -0.25) is 0 Å². The van der Waals surface area contributed by atoms with E-state index in [1.54, 1.807) is 0 Å². The molecule has 9 heavy (non-hydrogen) atoms. The lowest BCUT2D eigenvalue weighted by molar-refractivity contribution is 0.874. The second kappa shape index (κ2) is 2.10. The molecule has 0 N–H and O–H groups in total. The summed E-state index contributed by atoms with van der Waals surface area (Å²) in [5.74, 6) is 0. The standard InChI is InChI=1S/C7H11NS/c1-5-6(2)8(3)4-7(5)9/h4,9H,1-3H3. The summed E-state index contributed by atoms with van der Waals surface area (Å²) in [6, 6.07) is 0. The minimum Gasteiger partial charge on any atom is -0.353 e. The van der Waals surface area contributed by atoms with E-state index in [2.05, 4.69) is 31.0 Å². The Hall–Kier alpha value is -0.370. The van der Waals surface area contributed by atoms with E-state index < -0.39 is 0 Å². The topological polar surface area (TPSA) is 4.93 Å². The van der Waals surface area contributed by atoms with Crippen LogP contribution in [0.3, 0.4) is 0 Å². The van der Waals surface area contributed by atoms with Crippen LogP contribution in [-0.4, -0.2) is 4.57 Å². The highest BCUT2D eigenvalue weighted by atomic mass is 32.1. The Morgan fingerprint density at radius 1 is 1.44 bits per heavy atom. The van der Waals surface area contributed by atoms with E-state index in [1.165, 1.54) is 11.3 Å². The van der Waals surface area contributed by atoms with Crippen molar-refractivity contribution in [3.05, 3.63) is 17.5 Å². The van der Waals surface area contributed by atoms with Crippen LogP contribution in [0.1, 0.15) is 11.3 Å². The highest BCUT2D eigenvalue weighted by molar-refractivity contribution is 7.80. The number of rotatable bonds is 0.